The van der Waals surface area contributed by atoms with Gasteiger partial charge in [-0.3, -0.25) is 15.6 Å². The minimum atomic E-state index is -0.650. The number of piperazine rings is 1. The Bertz CT molecular complexity index is 1490. The maximum atomic E-state index is 14.1. The van der Waals surface area contributed by atoms with Gasteiger partial charge in [-0.15, -0.1) is 11.3 Å². The fourth-order valence-electron chi connectivity index (χ4n) is 4.65. The zero-order chi connectivity index (χ0) is 28.1. The van der Waals surface area contributed by atoms with Crippen molar-refractivity contribution >= 4 is 39.0 Å². The van der Waals surface area contributed by atoms with Gasteiger partial charge in [-0.05, 0) is 54.6 Å². The Balaban J connectivity index is 1.29. The van der Waals surface area contributed by atoms with Crippen molar-refractivity contribution in [2.75, 3.05) is 45.2 Å². The largest absolute Gasteiger partial charge is 0.481 e. The Morgan fingerprint density at radius 2 is 1.85 bits per heavy atom. The Kier molecular flexibility index (Phi) is 8.59. The van der Waals surface area contributed by atoms with Crippen molar-refractivity contribution in [2.24, 2.45) is 5.73 Å². The number of nitrogens with zero attached hydrogens (tertiary/aromatic N) is 2. The number of likely N-dealkylation sites (N-methyl/N-ethyl adjacent to an activating group) is 1. The van der Waals surface area contributed by atoms with Crippen LogP contribution in [0, 0.1) is 11.2 Å². The Labute approximate surface area is 236 Å². The van der Waals surface area contributed by atoms with E-state index in [0.717, 1.165) is 41.8 Å². The molecule has 0 aliphatic carbocycles. The number of halogens is 1. The van der Waals surface area contributed by atoms with Crippen molar-refractivity contribution in [1.82, 2.24) is 9.80 Å². The van der Waals surface area contributed by atoms with Gasteiger partial charge in [0, 0.05) is 48.5 Å². The van der Waals surface area contributed by atoms with Crippen LogP contribution in [0.1, 0.15) is 22.1 Å². The predicted octanol–water partition coefficient (Wildman–Crippen LogP) is 5.44. The summed E-state index contributed by atoms with van der Waals surface area (Å²) in [4.78, 5) is 18.1. The van der Waals surface area contributed by atoms with Crippen LogP contribution in [-0.2, 0) is 11.3 Å². The molecule has 40 heavy (non-hydrogen) atoms. The van der Waals surface area contributed by atoms with E-state index in [-0.39, 0.29) is 18.3 Å². The van der Waals surface area contributed by atoms with Crippen molar-refractivity contribution in [3.05, 3.63) is 94.6 Å². The van der Waals surface area contributed by atoms with Crippen LogP contribution >= 0.6 is 11.3 Å². The molecule has 8 nitrogen and oxygen atoms in total. The topological polar surface area (TPSA) is 104 Å². The standard InChI is InChI=1S/C30H32FN5O3S/c1-35-12-14-36(15-13-35)18-21-16-22(31)10-11-24(21)34-30(37)38-19-26(20-6-3-2-4-7-20)39-25-8-5-9-27-23(25)17-28(40-27)29(32)33/h2-11,16-17,26H,12-15,18-19H2,1H3,(H3,32,33)(H,34,37). The van der Waals surface area contributed by atoms with Gasteiger partial charge in [-0.2, -0.15) is 0 Å². The highest BCUT2D eigenvalue weighted by molar-refractivity contribution is 7.20. The minimum absolute atomic E-state index is 0.000417. The van der Waals surface area contributed by atoms with Crippen molar-refractivity contribution in [1.29, 1.82) is 5.41 Å². The number of amidine groups is 1. The SMILES string of the molecule is CN1CCN(Cc2cc(F)ccc2NC(=O)OCC(Oc2cccc3sc(C(=N)N)cc23)c2ccccc2)CC1. The van der Waals surface area contributed by atoms with Crippen LogP contribution < -0.4 is 15.8 Å². The molecule has 0 saturated carbocycles. The van der Waals surface area contributed by atoms with E-state index in [2.05, 4.69) is 22.2 Å². The molecule has 5 rings (SSSR count). The zero-order valence-electron chi connectivity index (χ0n) is 22.2. The first-order chi connectivity index (χ1) is 19.4. The third-order valence-electron chi connectivity index (χ3n) is 6.89. The van der Waals surface area contributed by atoms with Gasteiger partial charge in [0.25, 0.3) is 0 Å². The third kappa shape index (κ3) is 6.77. The zero-order valence-corrected chi connectivity index (χ0v) is 23.0. The molecule has 1 saturated heterocycles. The van der Waals surface area contributed by atoms with Gasteiger partial charge in [-0.1, -0.05) is 36.4 Å². The van der Waals surface area contributed by atoms with Gasteiger partial charge in [0.15, 0.2) is 6.10 Å². The molecule has 3 aromatic carbocycles. The van der Waals surface area contributed by atoms with Crippen LogP contribution in [0.3, 0.4) is 0 Å². The number of fused-ring (bicyclic) bond motifs is 1. The summed E-state index contributed by atoms with van der Waals surface area (Å²) in [5.41, 5.74) is 7.76. The second-order valence-electron chi connectivity index (χ2n) is 9.81. The molecule has 0 spiro atoms. The number of hydrogen-bond acceptors (Lipinski definition) is 7. The summed E-state index contributed by atoms with van der Waals surface area (Å²) in [6.07, 6.45) is -1.24. The van der Waals surface area contributed by atoms with Crippen LogP contribution in [0.2, 0.25) is 0 Å². The molecule has 1 aliphatic heterocycles. The van der Waals surface area contributed by atoms with Crippen molar-refractivity contribution < 1.29 is 18.7 Å². The number of anilines is 1. The highest BCUT2D eigenvalue weighted by Gasteiger charge is 2.20. The number of amides is 1. The molecule has 208 valence electrons. The van der Waals surface area contributed by atoms with E-state index in [1.807, 2.05) is 54.6 Å². The number of hydrogen-bond donors (Lipinski definition) is 3. The number of nitrogen functional groups attached to an aromatic ring is 1. The smallest absolute Gasteiger partial charge is 0.411 e. The first-order valence-corrected chi connectivity index (χ1v) is 13.9. The van der Waals surface area contributed by atoms with E-state index < -0.39 is 12.2 Å². The molecule has 0 bridgehead atoms. The molecule has 1 aromatic heterocycles. The maximum absolute atomic E-state index is 14.1. The molecular formula is C30H32FN5O3S. The predicted molar refractivity (Wildman–Crippen MR) is 157 cm³/mol. The van der Waals surface area contributed by atoms with Crippen molar-refractivity contribution in [2.45, 2.75) is 12.6 Å². The number of nitrogens with two attached hydrogens (primary N) is 1. The number of benzene rings is 3. The summed E-state index contributed by atoms with van der Waals surface area (Å²) in [5, 5.41) is 11.4. The number of nitrogens with one attached hydrogen (secondary N) is 2. The minimum Gasteiger partial charge on any atom is -0.481 e. The fourth-order valence-corrected chi connectivity index (χ4v) is 5.59. The summed E-state index contributed by atoms with van der Waals surface area (Å²) < 4.78 is 27.1. The van der Waals surface area contributed by atoms with Crippen molar-refractivity contribution in [3.63, 3.8) is 0 Å². The fraction of sp³-hybridized carbons (Fsp3) is 0.267. The normalized spacial score (nSPS) is 15.1. The van der Waals surface area contributed by atoms with E-state index in [1.165, 1.54) is 23.5 Å². The lowest BCUT2D eigenvalue weighted by molar-refractivity contribution is 0.0909. The van der Waals surface area contributed by atoms with Crippen LogP contribution in [0.4, 0.5) is 14.9 Å². The van der Waals surface area contributed by atoms with E-state index in [4.69, 9.17) is 20.6 Å². The maximum Gasteiger partial charge on any atom is 0.411 e. The molecule has 1 unspecified atom stereocenters. The number of thiophene rings is 1. The van der Waals surface area contributed by atoms with Crippen LogP contribution in [0.5, 0.6) is 5.75 Å². The molecule has 4 N–H and O–H groups in total. The molecule has 1 atom stereocenters. The molecule has 10 heteroatoms. The number of ether oxygens (including phenoxy) is 2. The molecule has 4 aromatic rings. The van der Waals surface area contributed by atoms with E-state index in [1.54, 1.807) is 6.07 Å². The van der Waals surface area contributed by atoms with Gasteiger partial charge >= 0.3 is 6.09 Å². The van der Waals surface area contributed by atoms with Gasteiger partial charge in [0.05, 0.1) is 4.88 Å². The van der Waals surface area contributed by atoms with Crippen LogP contribution in [0.15, 0.2) is 72.8 Å². The average molecular weight is 562 g/mol. The average Bonchev–Trinajstić information content (AvgIpc) is 3.40. The van der Waals surface area contributed by atoms with Crippen LogP contribution in [-0.4, -0.2) is 61.6 Å². The van der Waals surface area contributed by atoms with Gasteiger partial charge in [0.2, 0.25) is 0 Å². The second-order valence-corrected chi connectivity index (χ2v) is 10.9. The summed E-state index contributed by atoms with van der Waals surface area (Å²) >= 11 is 1.42. The van der Waals surface area contributed by atoms with Gasteiger partial charge in [-0.25, -0.2) is 9.18 Å². The number of rotatable bonds is 9. The lowest BCUT2D eigenvalue weighted by Gasteiger charge is -2.32. The Hall–Kier alpha value is -3.99. The highest BCUT2D eigenvalue weighted by atomic mass is 32.1. The number of carbonyl (C=O) groups is 1. The molecule has 1 fully saturated rings. The van der Waals surface area contributed by atoms with E-state index in [9.17, 15) is 9.18 Å². The monoisotopic (exact) mass is 561 g/mol. The lowest BCUT2D eigenvalue weighted by Crippen LogP contribution is -2.44. The molecular weight excluding hydrogens is 529 g/mol. The van der Waals surface area contributed by atoms with Gasteiger partial charge < -0.3 is 20.1 Å². The molecule has 1 aliphatic rings. The first kappa shape index (κ1) is 27.6. The summed E-state index contributed by atoms with van der Waals surface area (Å²) in [6.45, 7) is 4.11. The van der Waals surface area contributed by atoms with E-state index >= 15 is 0 Å². The summed E-state index contributed by atoms with van der Waals surface area (Å²) in [5.74, 6) is 0.253. The van der Waals surface area contributed by atoms with Crippen LogP contribution in [0.25, 0.3) is 10.1 Å². The lowest BCUT2D eigenvalue weighted by atomic mass is 10.1. The second kappa shape index (κ2) is 12.5. The molecule has 0 radical (unpaired) electrons. The van der Waals surface area contributed by atoms with Crippen molar-refractivity contribution in [3.8, 4) is 5.75 Å². The third-order valence-corrected chi connectivity index (χ3v) is 8.02. The molecule has 1 amide bonds. The Morgan fingerprint density at radius 3 is 2.60 bits per heavy atom. The number of carbonyl (C=O) groups excluding carboxylic acids is 1. The summed E-state index contributed by atoms with van der Waals surface area (Å²) in [6, 6.07) is 21.4. The van der Waals surface area contributed by atoms with E-state index in [0.29, 0.717) is 28.4 Å². The quantitative estimate of drug-likeness (QED) is 0.186. The molecule has 2 heterocycles. The Morgan fingerprint density at radius 1 is 1.07 bits per heavy atom. The highest BCUT2D eigenvalue weighted by Crippen LogP contribution is 2.35. The summed E-state index contributed by atoms with van der Waals surface area (Å²) in [7, 11) is 2.08. The first-order valence-electron chi connectivity index (χ1n) is 13.1. The van der Waals surface area contributed by atoms with Gasteiger partial charge in [0.1, 0.15) is 24.0 Å².